The van der Waals surface area contributed by atoms with Crippen molar-refractivity contribution in [3.05, 3.63) is 108 Å². The quantitative estimate of drug-likeness (QED) is 0.345. The molecule has 2 heteroatoms. The third-order valence-electron chi connectivity index (χ3n) is 5.72. The first kappa shape index (κ1) is 17.7. The fraction of sp³-hybridized carbons (Fsp3) is 0.111. The number of aromatic amines is 1. The highest BCUT2D eigenvalue weighted by Gasteiger charge is 2.15. The van der Waals surface area contributed by atoms with Gasteiger partial charge in [0.1, 0.15) is 0 Å². The number of aromatic nitrogens is 1. The normalized spacial score (nSPS) is 12.4. The molecule has 0 bridgehead atoms. The Labute approximate surface area is 171 Å². The minimum Gasteiger partial charge on any atom is -0.357 e. The number of nitrogens with one attached hydrogen (secondary N) is 2. The fourth-order valence-electron chi connectivity index (χ4n) is 4.26. The topological polar surface area (TPSA) is 27.8 Å². The molecule has 1 heterocycles. The minimum absolute atomic E-state index is 0.246. The van der Waals surface area contributed by atoms with Crippen LogP contribution in [0.1, 0.15) is 24.2 Å². The lowest BCUT2D eigenvalue weighted by Crippen LogP contribution is -2.19. The molecule has 5 rings (SSSR count). The number of fused-ring (bicyclic) bond motifs is 2. The lowest BCUT2D eigenvalue weighted by atomic mass is 9.99. The molecule has 0 aliphatic carbocycles. The molecular formula is C27H24N2. The van der Waals surface area contributed by atoms with Crippen molar-refractivity contribution in [2.75, 3.05) is 0 Å². The summed E-state index contributed by atoms with van der Waals surface area (Å²) in [6.45, 7) is 3.02. The van der Waals surface area contributed by atoms with Gasteiger partial charge in [0.25, 0.3) is 0 Å². The van der Waals surface area contributed by atoms with Crippen molar-refractivity contribution in [2.24, 2.45) is 0 Å². The van der Waals surface area contributed by atoms with Crippen LogP contribution in [0.25, 0.3) is 32.8 Å². The molecule has 0 aliphatic rings. The second-order valence-electron chi connectivity index (χ2n) is 7.56. The number of hydrogen-bond acceptors (Lipinski definition) is 1. The van der Waals surface area contributed by atoms with Gasteiger partial charge in [0.2, 0.25) is 0 Å². The molecule has 1 aromatic heterocycles. The highest BCUT2D eigenvalue weighted by atomic mass is 14.9. The molecule has 0 saturated carbocycles. The standard InChI is InChI=1S/C27H24N2/c1-19(22-16-9-13-20-10-5-6-14-23(20)22)28-18-26-27(21-11-3-2-4-12-21)24-15-7-8-17-25(24)29-26/h2-17,19,28-29H,18H2,1H3/t19-/m1/s1. The Morgan fingerprint density at radius 2 is 1.41 bits per heavy atom. The SMILES string of the molecule is C[C@@H](NCc1[nH]c2ccccc2c1-c1ccccc1)c1cccc2ccccc12. The number of rotatable bonds is 5. The van der Waals surface area contributed by atoms with Crippen LogP contribution in [0.4, 0.5) is 0 Å². The smallest absolute Gasteiger partial charge is 0.0462 e. The van der Waals surface area contributed by atoms with Gasteiger partial charge >= 0.3 is 0 Å². The molecule has 0 spiro atoms. The van der Waals surface area contributed by atoms with E-state index >= 15 is 0 Å². The number of para-hydroxylation sites is 1. The molecule has 0 aliphatic heterocycles. The molecule has 0 unspecified atom stereocenters. The van der Waals surface area contributed by atoms with Crippen LogP contribution in [-0.4, -0.2) is 4.98 Å². The average molecular weight is 377 g/mol. The van der Waals surface area contributed by atoms with Gasteiger partial charge < -0.3 is 10.3 Å². The van der Waals surface area contributed by atoms with E-state index in [4.69, 9.17) is 0 Å². The molecule has 4 aromatic carbocycles. The molecule has 0 saturated heterocycles. The molecule has 0 radical (unpaired) electrons. The van der Waals surface area contributed by atoms with Crippen molar-refractivity contribution in [1.29, 1.82) is 0 Å². The summed E-state index contributed by atoms with van der Waals surface area (Å²) in [6, 6.07) is 34.6. The monoisotopic (exact) mass is 376 g/mol. The van der Waals surface area contributed by atoms with Crippen molar-refractivity contribution in [3.63, 3.8) is 0 Å². The summed E-state index contributed by atoms with van der Waals surface area (Å²) in [5, 5.41) is 7.62. The van der Waals surface area contributed by atoms with Crippen molar-refractivity contribution in [2.45, 2.75) is 19.5 Å². The molecule has 29 heavy (non-hydrogen) atoms. The van der Waals surface area contributed by atoms with E-state index in [0.29, 0.717) is 0 Å². The molecule has 1 atom stereocenters. The van der Waals surface area contributed by atoms with Gasteiger partial charge in [-0.15, -0.1) is 0 Å². The van der Waals surface area contributed by atoms with Crippen LogP contribution in [0.15, 0.2) is 97.1 Å². The fourth-order valence-corrected chi connectivity index (χ4v) is 4.26. The first-order valence-electron chi connectivity index (χ1n) is 10.2. The van der Waals surface area contributed by atoms with E-state index in [1.165, 1.54) is 44.1 Å². The summed E-state index contributed by atoms with van der Waals surface area (Å²) in [5.74, 6) is 0. The minimum atomic E-state index is 0.246. The highest BCUT2D eigenvalue weighted by molar-refractivity contribution is 5.97. The molecule has 0 amide bonds. The summed E-state index contributed by atoms with van der Waals surface area (Å²) in [6.07, 6.45) is 0. The predicted octanol–water partition coefficient (Wildman–Crippen LogP) is 6.84. The lowest BCUT2D eigenvalue weighted by Gasteiger charge is -2.17. The Morgan fingerprint density at radius 3 is 2.28 bits per heavy atom. The Kier molecular flexibility index (Phi) is 4.63. The van der Waals surface area contributed by atoms with Crippen LogP contribution in [0.5, 0.6) is 0 Å². The van der Waals surface area contributed by atoms with Crippen LogP contribution in [0, 0.1) is 0 Å². The maximum Gasteiger partial charge on any atom is 0.0462 e. The summed E-state index contributed by atoms with van der Waals surface area (Å²) in [4.78, 5) is 3.64. The Balaban J connectivity index is 1.49. The van der Waals surface area contributed by atoms with E-state index in [-0.39, 0.29) is 6.04 Å². The number of hydrogen-bond donors (Lipinski definition) is 2. The zero-order valence-electron chi connectivity index (χ0n) is 16.5. The average Bonchev–Trinajstić information content (AvgIpc) is 3.16. The molecule has 0 fully saturated rings. The summed E-state index contributed by atoms with van der Waals surface area (Å²) < 4.78 is 0. The van der Waals surface area contributed by atoms with Gasteiger partial charge in [0, 0.05) is 34.7 Å². The Morgan fingerprint density at radius 1 is 0.724 bits per heavy atom. The van der Waals surface area contributed by atoms with Crippen LogP contribution < -0.4 is 5.32 Å². The van der Waals surface area contributed by atoms with Gasteiger partial charge in [-0.1, -0.05) is 91.0 Å². The van der Waals surface area contributed by atoms with Crippen LogP contribution in [0.3, 0.4) is 0 Å². The molecule has 142 valence electrons. The summed E-state index contributed by atoms with van der Waals surface area (Å²) in [7, 11) is 0. The van der Waals surface area contributed by atoms with E-state index in [2.05, 4.69) is 114 Å². The largest absolute Gasteiger partial charge is 0.357 e. The Bertz CT molecular complexity index is 1260. The lowest BCUT2D eigenvalue weighted by molar-refractivity contribution is 0.573. The van der Waals surface area contributed by atoms with Crippen LogP contribution in [0.2, 0.25) is 0 Å². The van der Waals surface area contributed by atoms with Crippen molar-refractivity contribution in [1.82, 2.24) is 10.3 Å². The first-order valence-corrected chi connectivity index (χ1v) is 10.2. The Hall–Kier alpha value is -3.36. The van der Waals surface area contributed by atoms with Gasteiger partial charge in [0.15, 0.2) is 0 Å². The van der Waals surface area contributed by atoms with E-state index in [9.17, 15) is 0 Å². The second kappa shape index (κ2) is 7.57. The first-order chi connectivity index (χ1) is 14.3. The van der Waals surface area contributed by atoms with Crippen LogP contribution >= 0.6 is 0 Å². The molecule has 2 N–H and O–H groups in total. The van der Waals surface area contributed by atoms with Crippen molar-refractivity contribution < 1.29 is 0 Å². The number of H-pyrrole nitrogens is 1. The summed E-state index contributed by atoms with van der Waals surface area (Å²) in [5.41, 5.74) is 6.28. The molecular weight excluding hydrogens is 352 g/mol. The maximum absolute atomic E-state index is 3.75. The van der Waals surface area contributed by atoms with Gasteiger partial charge in [-0.25, -0.2) is 0 Å². The van der Waals surface area contributed by atoms with E-state index in [0.717, 1.165) is 6.54 Å². The zero-order chi connectivity index (χ0) is 19.6. The third kappa shape index (κ3) is 3.32. The zero-order valence-corrected chi connectivity index (χ0v) is 16.5. The summed E-state index contributed by atoms with van der Waals surface area (Å²) >= 11 is 0. The van der Waals surface area contributed by atoms with Gasteiger partial charge in [-0.2, -0.15) is 0 Å². The van der Waals surface area contributed by atoms with E-state index in [1.54, 1.807) is 0 Å². The van der Waals surface area contributed by atoms with Gasteiger partial charge in [-0.05, 0) is 34.9 Å². The van der Waals surface area contributed by atoms with Gasteiger partial charge in [0.05, 0.1) is 0 Å². The van der Waals surface area contributed by atoms with E-state index in [1.807, 2.05) is 0 Å². The van der Waals surface area contributed by atoms with E-state index < -0.39 is 0 Å². The molecule has 2 nitrogen and oxygen atoms in total. The second-order valence-corrected chi connectivity index (χ2v) is 7.56. The molecule has 5 aromatic rings. The number of benzene rings is 4. The van der Waals surface area contributed by atoms with Crippen LogP contribution in [-0.2, 0) is 6.54 Å². The maximum atomic E-state index is 3.75. The third-order valence-corrected chi connectivity index (χ3v) is 5.72. The van der Waals surface area contributed by atoms with Crippen molar-refractivity contribution >= 4 is 21.7 Å². The van der Waals surface area contributed by atoms with Gasteiger partial charge in [-0.3, -0.25) is 0 Å². The predicted molar refractivity (Wildman–Crippen MR) is 123 cm³/mol. The highest BCUT2D eigenvalue weighted by Crippen LogP contribution is 2.33. The van der Waals surface area contributed by atoms with Crippen molar-refractivity contribution in [3.8, 4) is 11.1 Å².